The molecule has 1 aromatic heterocycles. The van der Waals surface area contributed by atoms with Crippen molar-refractivity contribution in [2.24, 2.45) is 0 Å². The lowest BCUT2D eigenvalue weighted by atomic mass is 9.91. The Morgan fingerprint density at radius 1 is 0.862 bits per heavy atom. The van der Waals surface area contributed by atoms with Crippen LogP contribution in [0.1, 0.15) is 22.7 Å². The predicted octanol–water partition coefficient (Wildman–Crippen LogP) is 6.59. The van der Waals surface area contributed by atoms with E-state index in [1.165, 1.54) is 0 Å². The van der Waals surface area contributed by atoms with Gasteiger partial charge in [0.25, 0.3) is 0 Å². The van der Waals surface area contributed by atoms with Gasteiger partial charge in [-0.15, -0.1) is 0 Å². The number of esters is 1. The molecule has 4 aromatic rings. The van der Waals surface area contributed by atoms with Gasteiger partial charge in [-0.05, 0) is 36.2 Å². The van der Waals surface area contributed by atoms with Crippen LogP contribution in [0.15, 0.2) is 78.9 Å². The first-order chi connectivity index (χ1) is 14.0. The van der Waals surface area contributed by atoms with Crippen molar-refractivity contribution < 1.29 is 9.53 Å². The van der Waals surface area contributed by atoms with Crippen LogP contribution >= 0.6 is 23.2 Å². The normalized spacial score (nSPS) is 11.0. The van der Waals surface area contributed by atoms with Gasteiger partial charge in [0.05, 0.1) is 10.0 Å². The summed E-state index contributed by atoms with van der Waals surface area (Å²) in [4.78, 5) is 17.8. The number of hydrogen-bond acceptors (Lipinski definition) is 3. The second-order valence-corrected chi connectivity index (χ2v) is 7.51. The van der Waals surface area contributed by atoms with Crippen molar-refractivity contribution in [3.63, 3.8) is 0 Å². The largest absolute Gasteiger partial charge is 0.422 e. The van der Waals surface area contributed by atoms with Crippen LogP contribution in [0, 0.1) is 6.92 Å². The summed E-state index contributed by atoms with van der Waals surface area (Å²) < 4.78 is 5.85. The molecule has 0 amide bonds. The molecule has 0 aliphatic heterocycles. The molecule has 3 nitrogen and oxygen atoms in total. The second kappa shape index (κ2) is 8.24. The predicted molar refractivity (Wildman–Crippen MR) is 117 cm³/mol. The molecule has 1 heterocycles. The van der Waals surface area contributed by atoms with Gasteiger partial charge in [-0.2, -0.15) is 0 Å². The minimum atomic E-state index is -0.594. The molecule has 0 aliphatic rings. The smallest absolute Gasteiger partial charge is 0.323 e. The minimum Gasteiger partial charge on any atom is -0.422 e. The molecule has 3 aromatic carbocycles. The number of benzene rings is 3. The average Bonchev–Trinajstić information content (AvgIpc) is 2.73. The lowest BCUT2D eigenvalue weighted by Gasteiger charge is -2.18. The maximum absolute atomic E-state index is 13.3. The summed E-state index contributed by atoms with van der Waals surface area (Å²) in [7, 11) is 0. The Balaban J connectivity index is 1.81. The van der Waals surface area contributed by atoms with Gasteiger partial charge in [0.2, 0.25) is 0 Å². The molecule has 0 atom stereocenters. The van der Waals surface area contributed by atoms with Crippen molar-refractivity contribution in [2.75, 3.05) is 0 Å². The first kappa shape index (κ1) is 19.4. The summed E-state index contributed by atoms with van der Waals surface area (Å²) in [6.07, 6.45) is 0. The van der Waals surface area contributed by atoms with E-state index in [1.807, 2.05) is 79.7 Å². The number of carbonyl (C=O) groups is 1. The van der Waals surface area contributed by atoms with Crippen LogP contribution in [0.25, 0.3) is 10.9 Å². The van der Waals surface area contributed by atoms with Crippen LogP contribution in [0.5, 0.6) is 5.75 Å². The van der Waals surface area contributed by atoms with E-state index < -0.39 is 11.9 Å². The van der Waals surface area contributed by atoms with E-state index in [0.717, 1.165) is 16.8 Å². The molecule has 0 radical (unpaired) electrons. The Morgan fingerprint density at radius 3 is 2.03 bits per heavy atom. The number of halogens is 2. The molecule has 5 heteroatoms. The summed E-state index contributed by atoms with van der Waals surface area (Å²) in [5, 5.41) is 1.38. The van der Waals surface area contributed by atoms with Gasteiger partial charge in [-0.25, -0.2) is 4.98 Å². The number of nitrogens with zero attached hydrogens (tertiary/aromatic N) is 1. The maximum Gasteiger partial charge on any atom is 0.323 e. The standard InChI is InChI=1S/C24H17Cl2NO2/c1-15-12-13-18-19(25)14-20(26)23(22(18)27-15)29-24(28)21(16-8-4-2-5-9-16)17-10-6-3-7-11-17/h2-14,21H,1H3. The number of ether oxygens (including phenoxy) is 1. The number of pyridine rings is 1. The molecule has 0 saturated carbocycles. The molecule has 0 unspecified atom stereocenters. The van der Waals surface area contributed by atoms with Crippen molar-refractivity contribution in [3.8, 4) is 5.75 Å². The Bertz CT molecular complexity index is 1140. The molecule has 4 rings (SSSR count). The zero-order valence-corrected chi connectivity index (χ0v) is 17.1. The third-order valence-electron chi connectivity index (χ3n) is 4.68. The van der Waals surface area contributed by atoms with Crippen LogP contribution in [-0.4, -0.2) is 11.0 Å². The fraction of sp³-hybridized carbons (Fsp3) is 0.0833. The van der Waals surface area contributed by atoms with E-state index in [-0.39, 0.29) is 10.8 Å². The molecule has 0 aliphatic carbocycles. The number of carbonyl (C=O) groups excluding carboxylic acids is 1. The quantitative estimate of drug-likeness (QED) is 0.275. The number of hydrogen-bond donors (Lipinski definition) is 0. The van der Waals surface area contributed by atoms with Gasteiger partial charge in [0.15, 0.2) is 5.75 Å². The van der Waals surface area contributed by atoms with Crippen molar-refractivity contribution in [2.45, 2.75) is 12.8 Å². The van der Waals surface area contributed by atoms with Crippen molar-refractivity contribution >= 4 is 40.1 Å². The monoisotopic (exact) mass is 421 g/mol. The van der Waals surface area contributed by atoms with E-state index in [1.54, 1.807) is 6.07 Å². The van der Waals surface area contributed by atoms with E-state index in [2.05, 4.69) is 4.98 Å². The van der Waals surface area contributed by atoms with Gasteiger partial charge in [-0.1, -0.05) is 83.9 Å². The first-order valence-corrected chi connectivity index (χ1v) is 9.87. The van der Waals surface area contributed by atoms with E-state index in [0.29, 0.717) is 15.9 Å². The number of fused-ring (bicyclic) bond motifs is 1. The van der Waals surface area contributed by atoms with Gasteiger partial charge < -0.3 is 4.74 Å². The van der Waals surface area contributed by atoms with Gasteiger partial charge in [0, 0.05) is 11.1 Å². The third kappa shape index (κ3) is 3.98. The van der Waals surface area contributed by atoms with Crippen molar-refractivity contribution in [1.29, 1.82) is 0 Å². The van der Waals surface area contributed by atoms with Crippen molar-refractivity contribution in [1.82, 2.24) is 4.98 Å². The summed E-state index contributed by atoms with van der Waals surface area (Å²) in [6.45, 7) is 1.86. The molecule has 0 N–H and O–H groups in total. The molecule has 0 saturated heterocycles. The lowest BCUT2D eigenvalue weighted by Crippen LogP contribution is -2.20. The van der Waals surface area contributed by atoms with Crippen LogP contribution in [0.3, 0.4) is 0 Å². The number of aryl methyl sites for hydroxylation is 1. The number of aromatic nitrogens is 1. The second-order valence-electron chi connectivity index (χ2n) is 6.69. The molecular formula is C24H17Cl2NO2. The fourth-order valence-corrected chi connectivity index (χ4v) is 3.86. The molecule has 0 bridgehead atoms. The Hall–Kier alpha value is -2.88. The lowest BCUT2D eigenvalue weighted by molar-refractivity contribution is -0.135. The minimum absolute atomic E-state index is 0.219. The molecule has 144 valence electrons. The van der Waals surface area contributed by atoms with E-state index in [4.69, 9.17) is 27.9 Å². The van der Waals surface area contributed by atoms with Crippen LogP contribution in [0.2, 0.25) is 10.0 Å². The highest BCUT2D eigenvalue weighted by Gasteiger charge is 2.26. The summed E-state index contributed by atoms with van der Waals surface area (Å²) in [5.41, 5.74) is 2.91. The van der Waals surface area contributed by atoms with Crippen molar-refractivity contribution in [3.05, 3.63) is 106 Å². The molecular weight excluding hydrogens is 405 g/mol. The van der Waals surface area contributed by atoms with Gasteiger partial charge in [-0.3, -0.25) is 4.79 Å². The van der Waals surface area contributed by atoms with E-state index >= 15 is 0 Å². The van der Waals surface area contributed by atoms with Crippen LogP contribution < -0.4 is 4.74 Å². The van der Waals surface area contributed by atoms with Crippen LogP contribution in [0.4, 0.5) is 0 Å². The van der Waals surface area contributed by atoms with Gasteiger partial charge >= 0.3 is 5.97 Å². The van der Waals surface area contributed by atoms with E-state index in [9.17, 15) is 4.79 Å². The highest BCUT2D eigenvalue weighted by molar-refractivity contribution is 6.39. The molecule has 0 spiro atoms. The highest BCUT2D eigenvalue weighted by Crippen LogP contribution is 2.38. The zero-order valence-electron chi connectivity index (χ0n) is 15.6. The summed E-state index contributed by atoms with van der Waals surface area (Å²) >= 11 is 12.7. The zero-order chi connectivity index (χ0) is 20.4. The SMILES string of the molecule is Cc1ccc2c(Cl)cc(Cl)c(OC(=O)C(c3ccccc3)c3ccccc3)c2n1. The Kier molecular flexibility index (Phi) is 5.52. The van der Waals surface area contributed by atoms with Crippen LogP contribution in [-0.2, 0) is 4.79 Å². The third-order valence-corrected chi connectivity index (χ3v) is 5.27. The fourth-order valence-electron chi connectivity index (χ4n) is 3.30. The maximum atomic E-state index is 13.3. The first-order valence-electron chi connectivity index (χ1n) is 9.11. The topological polar surface area (TPSA) is 39.2 Å². The molecule has 0 fully saturated rings. The molecule has 29 heavy (non-hydrogen) atoms. The summed E-state index contributed by atoms with van der Waals surface area (Å²) in [6, 6.07) is 24.3. The average molecular weight is 422 g/mol. The Labute approximate surface area is 178 Å². The summed E-state index contributed by atoms with van der Waals surface area (Å²) in [5.74, 6) is -0.808. The highest BCUT2D eigenvalue weighted by atomic mass is 35.5. The number of rotatable bonds is 4. The van der Waals surface area contributed by atoms with Gasteiger partial charge in [0.1, 0.15) is 11.4 Å². The Morgan fingerprint density at radius 2 is 1.45 bits per heavy atom.